The minimum absolute atomic E-state index is 0.0427. The van der Waals surface area contributed by atoms with E-state index in [1.165, 1.54) is 18.0 Å². The van der Waals surface area contributed by atoms with Gasteiger partial charge in [0.1, 0.15) is 11.8 Å². The molecule has 1 N–H and O–H groups in total. The molecule has 3 atom stereocenters. The average molecular weight is 292 g/mol. The number of nitrogens with zero attached hydrogens (tertiary/aromatic N) is 2. The van der Waals surface area contributed by atoms with Crippen LogP contribution in [0.15, 0.2) is 6.20 Å². The van der Waals surface area contributed by atoms with E-state index in [9.17, 15) is 18.3 Å². The van der Waals surface area contributed by atoms with Gasteiger partial charge < -0.3 is 9.84 Å². The Morgan fingerprint density at radius 2 is 2.15 bits per heavy atom. The third kappa shape index (κ3) is 2.92. The molecule has 1 fully saturated rings. The summed E-state index contributed by atoms with van der Waals surface area (Å²) in [6.07, 6.45) is -2.54. The Morgan fingerprint density at radius 3 is 2.75 bits per heavy atom. The maximum atomic E-state index is 12.8. The van der Waals surface area contributed by atoms with E-state index in [2.05, 4.69) is 5.10 Å². The fraction of sp³-hybridized carbons (Fsp3) is 0.769. The molecule has 0 bridgehead atoms. The predicted molar refractivity (Wildman–Crippen MR) is 66.2 cm³/mol. The molecule has 3 unspecified atom stereocenters. The molecule has 1 heterocycles. The second-order valence-electron chi connectivity index (χ2n) is 5.33. The fourth-order valence-corrected chi connectivity index (χ4v) is 2.96. The first-order valence-corrected chi connectivity index (χ1v) is 6.65. The van der Waals surface area contributed by atoms with Crippen molar-refractivity contribution in [2.75, 3.05) is 7.11 Å². The van der Waals surface area contributed by atoms with Crippen LogP contribution in [0.1, 0.15) is 37.5 Å². The van der Waals surface area contributed by atoms with Gasteiger partial charge in [0, 0.05) is 7.05 Å². The van der Waals surface area contributed by atoms with Crippen molar-refractivity contribution in [3.05, 3.63) is 11.9 Å². The van der Waals surface area contributed by atoms with Gasteiger partial charge in [-0.15, -0.1) is 0 Å². The summed E-state index contributed by atoms with van der Waals surface area (Å²) in [7, 11) is 3.10. The molecular formula is C13H19F3N2O2. The lowest BCUT2D eigenvalue weighted by Gasteiger charge is -2.33. The number of methoxy groups -OCH3 is 1. The van der Waals surface area contributed by atoms with E-state index in [1.54, 1.807) is 7.05 Å². The van der Waals surface area contributed by atoms with Gasteiger partial charge in [-0.1, -0.05) is 6.42 Å². The Hall–Kier alpha value is -1.24. The number of aryl methyl sites for hydroxylation is 1. The summed E-state index contributed by atoms with van der Waals surface area (Å²) in [5.74, 6) is -1.33. The molecule has 0 saturated heterocycles. The van der Waals surface area contributed by atoms with Crippen molar-refractivity contribution in [1.82, 2.24) is 9.78 Å². The van der Waals surface area contributed by atoms with Crippen LogP contribution in [0.2, 0.25) is 0 Å². The van der Waals surface area contributed by atoms with E-state index in [0.717, 1.165) is 0 Å². The smallest absolute Gasteiger partial charge is 0.391 e. The van der Waals surface area contributed by atoms with Crippen LogP contribution in [0.5, 0.6) is 5.75 Å². The normalized spacial score (nSPS) is 25.5. The van der Waals surface area contributed by atoms with Crippen LogP contribution in [0.4, 0.5) is 13.2 Å². The predicted octanol–water partition coefficient (Wildman–Crippen LogP) is 2.83. The van der Waals surface area contributed by atoms with Crippen LogP contribution in [-0.4, -0.2) is 28.2 Å². The van der Waals surface area contributed by atoms with Gasteiger partial charge in [0.05, 0.1) is 19.2 Å². The Bertz CT molecular complexity index is 459. The summed E-state index contributed by atoms with van der Waals surface area (Å²) < 4.78 is 45.0. The summed E-state index contributed by atoms with van der Waals surface area (Å²) in [5, 5.41) is 14.4. The molecule has 0 aromatic carbocycles. The Labute approximate surface area is 115 Å². The van der Waals surface area contributed by atoms with Crippen molar-refractivity contribution in [1.29, 1.82) is 0 Å². The van der Waals surface area contributed by atoms with E-state index in [-0.39, 0.29) is 12.8 Å². The van der Waals surface area contributed by atoms with Crippen LogP contribution >= 0.6 is 0 Å². The van der Waals surface area contributed by atoms with Crippen molar-refractivity contribution in [3.63, 3.8) is 0 Å². The molecule has 2 rings (SSSR count). The number of ether oxygens (including phenoxy) is 1. The van der Waals surface area contributed by atoms with Gasteiger partial charge in [-0.25, -0.2) is 0 Å². The van der Waals surface area contributed by atoms with Crippen LogP contribution in [0.3, 0.4) is 0 Å². The number of hydrogen-bond donors (Lipinski definition) is 1. The van der Waals surface area contributed by atoms with Gasteiger partial charge in [-0.2, -0.15) is 18.3 Å². The largest absolute Gasteiger partial charge is 0.493 e. The number of rotatable bonds is 3. The van der Waals surface area contributed by atoms with Crippen LogP contribution in [0.25, 0.3) is 0 Å². The van der Waals surface area contributed by atoms with E-state index in [1.807, 2.05) is 0 Å². The molecule has 114 valence electrons. The summed E-state index contributed by atoms with van der Waals surface area (Å²) in [6, 6.07) is 0. The Morgan fingerprint density at radius 1 is 1.45 bits per heavy atom. The standard InChI is InChI=1S/C13H19F3N2O2/c1-18-11(10(20-2)7-17-18)12(19)8-4-3-5-9(6-8)13(14,15)16/h7-9,12,19H,3-6H2,1-2H3. The number of aliphatic hydroxyl groups is 1. The first-order chi connectivity index (χ1) is 9.34. The van der Waals surface area contributed by atoms with Crippen LogP contribution in [0, 0.1) is 11.8 Å². The zero-order chi connectivity index (χ0) is 14.9. The molecule has 1 saturated carbocycles. The fourth-order valence-electron chi connectivity index (χ4n) is 2.96. The number of hydrogen-bond acceptors (Lipinski definition) is 3. The molecular weight excluding hydrogens is 273 g/mol. The van der Waals surface area contributed by atoms with Crippen LogP contribution < -0.4 is 4.74 Å². The molecule has 1 aliphatic carbocycles. The highest BCUT2D eigenvalue weighted by atomic mass is 19.4. The zero-order valence-corrected chi connectivity index (χ0v) is 11.5. The van der Waals surface area contributed by atoms with Crippen molar-refractivity contribution >= 4 is 0 Å². The summed E-state index contributed by atoms with van der Waals surface area (Å²) >= 11 is 0. The molecule has 20 heavy (non-hydrogen) atoms. The van der Waals surface area contributed by atoms with E-state index in [0.29, 0.717) is 24.3 Å². The number of aromatic nitrogens is 2. The highest BCUT2D eigenvalue weighted by molar-refractivity contribution is 5.27. The Kier molecular flexibility index (Phi) is 4.27. The summed E-state index contributed by atoms with van der Waals surface area (Å²) in [4.78, 5) is 0. The van der Waals surface area contributed by atoms with E-state index < -0.39 is 24.1 Å². The van der Waals surface area contributed by atoms with Crippen molar-refractivity contribution in [2.45, 2.75) is 38.0 Å². The second kappa shape index (κ2) is 5.63. The number of halogens is 3. The molecule has 7 heteroatoms. The molecule has 1 aliphatic rings. The van der Waals surface area contributed by atoms with Crippen LogP contribution in [-0.2, 0) is 7.05 Å². The van der Waals surface area contributed by atoms with E-state index >= 15 is 0 Å². The minimum atomic E-state index is -4.19. The average Bonchev–Trinajstić information content (AvgIpc) is 2.78. The second-order valence-corrected chi connectivity index (χ2v) is 5.33. The van der Waals surface area contributed by atoms with Crippen molar-refractivity contribution < 1.29 is 23.0 Å². The molecule has 0 spiro atoms. The van der Waals surface area contributed by atoms with Gasteiger partial charge in [0.25, 0.3) is 0 Å². The van der Waals surface area contributed by atoms with Crippen molar-refractivity contribution in [2.24, 2.45) is 18.9 Å². The minimum Gasteiger partial charge on any atom is -0.493 e. The van der Waals surface area contributed by atoms with Gasteiger partial charge in [-0.05, 0) is 25.2 Å². The molecule has 0 radical (unpaired) electrons. The summed E-state index contributed by atoms with van der Waals surface area (Å²) in [5.41, 5.74) is 0.445. The maximum absolute atomic E-state index is 12.8. The quantitative estimate of drug-likeness (QED) is 0.932. The van der Waals surface area contributed by atoms with Crippen molar-refractivity contribution in [3.8, 4) is 5.75 Å². The highest BCUT2D eigenvalue weighted by Crippen LogP contribution is 2.44. The lowest BCUT2D eigenvalue weighted by molar-refractivity contribution is -0.189. The lowest BCUT2D eigenvalue weighted by Crippen LogP contribution is -2.31. The summed E-state index contributed by atoms with van der Waals surface area (Å²) in [6.45, 7) is 0. The molecule has 0 aliphatic heterocycles. The number of alkyl halides is 3. The highest BCUT2D eigenvalue weighted by Gasteiger charge is 2.44. The topological polar surface area (TPSA) is 47.3 Å². The maximum Gasteiger partial charge on any atom is 0.391 e. The molecule has 1 aromatic heterocycles. The van der Waals surface area contributed by atoms with Gasteiger partial charge in [0.2, 0.25) is 0 Å². The zero-order valence-electron chi connectivity index (χ0n) is 11.5. The Balaban J connectivity index is 2.16. The third-order valence-electron chi connectivity index (χ3n) is 4.07. The third-order valence-corrected chi connectivity index (χ3v) is 4.07. The monoisotopic (exact) mass is 292 g/mol. The molecule has 1 aromatic rings. The number of aliphatic hydroxyl groups excluding tert-OH is 1. The lowest BCUT2D eigenvalue weighted by atomic mass is 9.77. The molecule has 0 amide bonds. The van der Waals surface area contributed by atoms with Gasteiger partial charge in [0.15, 0.2) is 5.75 Å². The first-order valence-electron chi connectivity index (χ1n) is 6.65. The SMILES string of the molecule is COc1cnn(C)c1C(O)C1CCCC(C(F)(F)F)C1. The van der Waals surface area contributed by atoms with E-state index in [4.69, 9.17) is 4.74 Å². The first kappa shape index (κ1) is 15.2. The van der Waals surface area contributed by atoms with Gasteiger partial charge >= 0.3 is 6.18 Å². The van der Waals surface area contributed by atoms with Gasteiger partial charge in [-0.3, -0.25) is 4.68 Å². The molecule has 4 nitrogen and oxygen atoms in total.